The minimum absolute atomic E-state index is 0.182. The van der Waals surface area contributed by atoms with Gasteiger partial charge in [-0.1, -0.05) is 19.1 Å². The van der Waals surface area contributed by atoms with Crippen molar-refractivity contribution in [2.24, 2.45) is 4.99 Å². The van der Waals surface area contributed by atoms with E-state index in [0.717, 1.165) is 38.0 Å². The summed E-state index contributed by atoms with van der Waals surface area (Å²) >= 11 is 0. The first-order valence-corrected chi connectivity index (χ1v) is 11.7. The van der Waals surface area contributed by atoms with E-state index in [9.17, 15) is 19.8 Å². The number of aromatic hydroxyl groups is 1. The Hall–Kier alpha value is -3.17. The molecule has 3 atom stereocenters. The molecule has 2 aromatic rings. The maximum atomic E-state index is 12.3. The number of hydrogen-bond acceptors (Lipinski definition) is 7. The van der Waals surface area contributed by atoms with Crippen LogP contribution in [-0.2, 0) is 6.42 Å². The largest absolute Gasteiger partial charge is 0.506 e. The van der Waals surface area contributed by atoms with Crippen LogP contribution in [0.4, 0.5) is 5.69 Å². The van der Waals surface area contributed by atoms with Gasteiger partial charge < -0.3 is 30.7 Å². The van der Waals surface area contributed by atoms with E-state index >= 15 is 0 Å². The van der Waals surface area contributed by atoms with Gasteiger partial charge in [0.15, 0.2) is 5.56 Å². The zero-order chi connectivity index (χ0) is 24.7. The van der Waals surface area contributed by atoms with Gasteiger partial charge in [-0.25, -0.2) is 4.79 Å². The van der Waals surface area contributed by atoms with E-state index in [1.807, 2.05) is 38.4 Å². The molecule has 9 heteroatoms. The molecule has 182 valence electrons. The highest BCUT2D eigenvalue weighted by Crippen LogP contribution is 2.47. The SMILES string of the molecule is C=NC12CN(c3ccc(-c4[nH]c(=O)c(C(=O)O)c(O)c4CC)cc3)CC1(NC)CCCC2NC. The number of likely N-dealkylation sites (N-methyl/N-ethyl adjacent to an activating group) is 2. The first-order valence-electron chi connectivity index (χ1n) is 11.7. The number of anilines is 1. The van der Waals surface area contributed by atoms with Crippen molar-refractivity contribution in [2.45, 2.75) is 49.7 Å². The predicted molar refractivity (Wildman–Crippen MR) is 133 cm³/mol. The topological polar surface area (TPSA) is 130 Å². The van der Waals surface area contributed by atoms with Crippen LogP contribution in [0.1, 0.15) is 42.1 Å². The summed E-state index contributed by atoms with van der Waals surface area (Å²) < 4.78 is 0. The molecule has 1 aromatic heterocycles. The molecule has 1 aliphatic heterocycles. The number of aromatic amines is 1. The van der Waals surface area contributed by atoms with Gasteiger partial charge >= 0.3 is 5.97 Å². The van der Waals surface area contributed by atoms with E-state index in [0.29, 0.717) is 23.2 Å². The van der Waals surface area contributed by atoms with Crippen LogP contribution in [0.25, 0.3) is 11.3 Å². The molecule has 34 heavy (non-hydrogen) atoms. The van der Waals surface area contributed by atoms with Gasteiger partial charge in [-0.05, 0) is 64.2 Å². The van der Waals surface area contributed by atoms with Gasteiger partial charge in [-0.2, -0.15) is 0 Å². The van der Waals surface area contributed by atoms with Crippen LogP contribution in [0, 0.1) is 0 Å². The number of rotatable bonds is 7. The van der Waals surface area contributed by atoms with Crippen LogP contribution in [0.2, 0.25) is 0 Å². The second-order valence-corrected chi connectivity index (χ2v) is 9.24. The summed E-state index contributed by atoms with van der Waals surface area (Å²) in [5.41, 5.74) is 0.575. The van der Waals surface area contributed by atoms with E-state index in [4.69, 9.17) is 4.99 Å². The fourth-order valence-corrected chi connectivity index (χ4v) is 6.10. The lowest BCUT2D eigenvalue weighted by molar-refractivity contribution is 0.0691. The number of fused-ring (bicyclic) bond motifs is 1. The Kier molecular flexibility index (Phi) is 6.26. The number of nitrogens with one attached hydrogen (secondary N) is 3. The lowest BCUT2D eigenvalue weighted by Gasteiger charge is -2.50. The zero-order valence-corrected chi connectivity index (χ0v) is 19.9. The number of carboxylic acids is 1. The van der Waals surface area contributed by atoms with Crippen molar-refractivity contribution in [3.05, 3.63) is 45.7 Å². The highest BCUT2D eigenvalue weighted by atomic mass is 16.4. The molecule has 2 heterocycles. The van der Waals surface area contributed by atoms with Crippen molar-refractivity contribution in [1.82, 2.24) is 15.6 Å². The van der Waals surface area contributed by atoms with Gasteiger partial charge in [-0.15, -0.1) is 0 Å². The van der Waals surface area contributed by atoms with E-state index < -0.39 is 22.8 Å². The molecule has 2 aliphatic rings. The summed E-state index contributed by atoms with van der Waals surface area (Å²) in [5.74, 6) is -1.93. The lowest BCUT2D eigenvalue weighted by atomic mass is 9.66. The summed E-state index contributed by atoms with van der Waals surface area (Å²) in [4.78, 5) is 33.4. The molecule has 1 aliphatic carbocycles. The van der Waals surface area contributed by atoms with Gasteiger partial charge in [0.1, 0.15) is 11.3 Å². The molecular formula is C25H33N5O4. The fourth-order valence-electron chi connectivity index (χ4n) is 6.10. The molecule has 0 spiro atoms. The van der Waals surface area contributed by atoms with Crippen LogP contribution < -0.4 is 21.1 Å². The van der Waals surface area contributed by atoms with Gasteiger partial charge in [0, 0.05) is 30.4 Å². The second-order valence-electron chi connectivity index (χ2n) is 9.24. The first-order chi connectivity index (χ1) is 16.3. The molecule has 1 saturated heterocycles. The Balaban J connectivity index is 1.70. The standard InChI is InChI=1S/C25H33N5O4/c1-5-17-20(29-22(32)19(21(17)31)23(33)34)15-8-10-16(11-9-15)30-13-24(27-3)12-6-7-18(26-2)25(24,14-30)28-4/h8-11,18,26-27H,4-7,12-14H2,1-3H3,(H,33,34)(H2,29,31,32). The number of aromatic carboxylic acids is 1. The maximum Gasteiger partial charge on any atom is 0.345 e. The summed E-state index contributed by atoms with van der Waals surface area (Å²) in [7, 11) is 3.98. The minimum Gasteiger partial charge on any atom is -0.506 e. The van der Waals surface area contributed by atoms with E-state index in [1.54, 1.807) is 6.92 Å². The Bertz CT molecular complexity index is 1160. The van der Waals surface area contributed by atoms with Gasteiger partial charge in [-0.3, -0.25) is 9.79 Å². The molecular weight excluding hydrogens is 434 g/mol. The number of benzene rings is 1. The smallest absolute Gasteiger partial charge is 0.345 e. The summed E-state index contributed by atoms with van der Waals surface area (Å²) in [6, 6.07) is 7.97. The quantitative estimate of drug-likeness (QED) is 0.394. The summed E-state index contributed by atoms with van der Waals surface area (Å²) in [5, 5.41) is 26.8. The molecule has 3 unspecified atom stereocenters. The maximum absolute atomic E-state index is 12.3. The predicted octanol–water partition coefficient (Wildman–Crippen LogP) is 2.00. The monoisotopic (exact) mass is 467 g/mol. The Morgan fingerprint density at radius 3 is 2.56 bits per heavy atom. The lowest BCUT2D eigenvalue weighted by Crippen LogP contribution is -2.70. The molecule has 0 radical (unpaired) electrons. The molecule has 1 saturated carbocycles. The number of nitrogens with zero attached hydrogens (tertiary/aromatic N) is 2. The summed E-state index contributed by atoms with van der Waals surface area (Å²) in [6.07, 6.45) is 3.55. The van der Waals surface area contributed by atoms with E-state index in [-0.39, 0.29) is 17.1 Å². The van der Waals surface area contributed by atoms with Crippen molar-refractivity contribution in [3.63, 3.8) is 0 Å². The van der Waals surface area contributed by atoms with Crippen molar-refractivity contribution < 1.29 is 15.0 Å². The van der Waals surface area contributed by atoms with Crippen LogP contribution in [-0.4, -0.2) is 72.2 Å². The highest BCUT2D eigenvalue weighted by molar-refractivity contribution is 5.92. The molecule has 4 rings (SSSR count). The van der Waals surface area contributed by atoms with Gasteiger partial charge in [0.2, 0.25) is 0 Å². The fraction of sp³-hybridized carbons (Fsp3) is 0.480. The number of carboxylic acid groups (broad SMARTS) is 1. The van der Waals surface area contributed by atoms with Crippen LogP contribution in [0.5, 0.6) is 5.75 Å². The molecule has 9 nitrogen and oxygen atoms in total. The number of carbonyl (C=O) groups is 1. The zero-order valence-electron chi connectivity index (χ0n) is 19.9. The van der Waals surface area contributed by atoms with Crippen molar-refractivity contribution in [2.75, 3.05) is 32.1 Å². The Labute approximate surface area is 198 Å². The minimum atomic E-state index is -1.45. The number of pyridine rings is 1. The number of aromatic nitrogens is 1. The third-order valence-corrected chi connectivity index (χ3v) is 7.88. The first kappa shape index (κ1) is 24.0. The molecule has 5 N–H and O–H groups in total. The Morgan fingerprint density at radius 2 is 2.00 bits per heavy atom. The average Bonchev–Trinajstić information content (AvgIpc) is 3.19. The number of aliphatic imine (C=N–C) groups is 1. The second kappa shape index (κ2) is 8.88. The molecule has 2 fully saturated rings. The highest BCUT2D eigenvalue weighted by Gasteiger charge is 2.62. The third kappa shape index (κ3) is 3.42. The van der Waals surface area contributed by atoms with Crippen molar-refractivity contribution >= 4 is 18.4 Å². The third-order valence-electron chi connectivity index (χ3n) is 7.88. The number of H-pyrrole nitrogens is 1. The molecule has 1 aromatic carbocycles. The van der Waals surface area contributed by atoms with Crippen LogP contribution in [0.15, 0.2) is 34.1 Å². The Morgan fingerprint density at radius 1 is 1.29 bits per heavy atom. The molecule has 0 bridgehead atoms. The average molecular weight is 468 g/mol. The van der Waals surface area contributed by atoms with E-state index in [1.165, 1.54) is 0 Å². The van der Waals surface area contributed by atoms with E-state index in [2.05, 4.69) is 27.2 Å². The molecule has 0 amide bonds. The van der Waals surface area contributed by atoms with Crippen LogP contribution in [0.3, 0.4) is 0 Å². The summed E-state index contributed by atoms with van der Waals surface area (Å²) in [6.45, 7) is 7.32. The number of hydrogen-bond donors (Lipinski definition) is 5. The van der Waals surface area contributed by atoms with Crippen molar-refractivity contribution in [3.8, 4) is 17.0 Å². The van der Waals surface area contributed by atoms with Crippen LogP contribution >= 0.6 is 0 Å². The van der Waals surface area contributed by atoms with Gasteiger partial charge in [0.05, 0.1) is 11.2 Å². The van der Waals surface area contributed by atoms with Crippen molar-refractivity contribution in [1.29, 1.82) is 0 Å². The van der Waals surface area contributed by atoms with Gasteiger partial charge in [0.25, 0.3) is 5.56 Å². The normalized spacial score (nSPS) is 26.3.